The number of para-hydroxylation sites is 1. The van der Waals surface area contributed by atoms with E-state index in [0.717, 1.165) is 51.1 Å². The van der Waals surface area contributed by atoms with Crippen LogP contribution >= 0.6 is 0 Å². The summed E-state index contributed by atoms with van der Waals surface area (Å²) < 4.78 is 5.99. The zero-order valence-corrected chi connectivity index (χ0v) is 14.6. The highest BCUT2D eigenvalue weighted by Crippen LogP contribution is 2.23. The van der Waals surface area contributed by atoms with Crippen molar-refractivity contribution in [1.82, 2.24) is 9.80 Å². The number of rotatable bonds is 4. The first-order chi connectivity index (χ1) is 12.2. The van der Waals surface area contributed by atoms with Gasteiger partial charge in [0.2, 0.25) is 11.8 Å². The smallest absolute Gasteiger partial charge is 0.245 e. The first-order valence-corrected chi connectivity index (χ1v) is 9.09. The Morgan fingerprint density at radius 1 is 1.04 bits per heavy atom. The molecule has 1 atom stereocenters. The molecule has 2 amide bonds. The maximum absolute atomic E-state index is 12.8. The van der Waals surface area contributed by atoms with Crippen LogP contribution in [0.2, 0.25) is 0 Å². The van der Waals surface area contributed by atoms with Crippen molar-refractivity contribution in [2.24, 2.45) is 5.92 Å². The number of likely N-dealkylation sites (tertiary alicyclic amines) is 2. The summed E-state index contributed by atoms with van der Waals surface area (Å²) in [7, 11) is 0. The van der Waals surface area contributed by atoms with Gasteiger partial charge in [-0.25, -0.2) is 0 Å². The molecule has 0 bridgehead atoms. The molecule has 1 aromatic rings. The Labute approximate surface area is 149 Å². The molecule has 5 heteroatoms. The lowest BCUT2D eigenvalue weighted by molar-refractivity contribution is -0.141. The van der Waals surface area contributed by atoms with Gasteiger partial charge in [-0.15, -0.1) is 0 Å². The summed E-state index contributed by atoms with van der Waals surface area (Å²) in [5.41, 5.74) is 0. The van der Waals surface area contributed by atoms with Crippen LogP contribution in [0, 0.1) is 5.92 Å². The zero-order valence-electron chi connectivity index (χ0n) is 14.6. The average molecular weight is 342 g/mol. The van der Waals surface area contributed by atoms with Gasteiger partial charge < -0.3 is 14.5 Å². The second kappa shape index (κ2) is 8.19. The van der Waals surface area contributed by atoms with Gasteiger partial charge in [-0.1, -0.05) is 24.8 Å². The number of nitrogens with zero attached hydrogens (tertiary/aromatic N) is 2. The summed E-state index contributed by atoms with van der Waals surface area (Å²) in [6.45, 7) is 6.23. The number of piperidine rings is 2. The predicted molar refractivity (Wildman–Crippen MR) is 96.2 cm³/mol. The van der Waals surface area contributed by atoms with E-state index in [4.69, 9.17) is 4.74 Å². The highest BCUT2D eigenvalue weighted by atomic mass is 16.5. The second-order valence-corrected chi connectivity index (χ2v) is 6.78. The zero-order chi connectivity index (χ0) is 17.6. The Bertz CT molecular complexity index is 609. The van der Waals surface area contributed by atoms with Gasteiger partial charge in [-0.05, 0) is 31.1 Å². The molecule has 0 spiro atoms. The van der Waals surface area contributed by atoms with Gasteiger partial charge in [0.05, 0.1) is 5.92 Å². The summed E-state index contributed by atoms with van der Waals surface area (Å²) in [5, 5.41) is 0. The van der Waals surface area contributed by atoms with Crippen molar-refractivity contribution in [3.8, 4) is 5.75 Å². The minimum Gasteiger partial charge on any atom is -0.490 e. The summed E-state index contributed by atoms with van der Waals surface area (Å²) in [6, 6.07) is 9.83. The highest BCUT2D eigenvalue weighted by molar-refractivity contribution is 5.88. The molecule has 2 fully saturated rings. The van der Waals surface area contributed by atoms with Crippen molar-refractivity contribution in [3.63, 3.8) is 0 Å². The molecule has 134 valence electrons. The fourth-order valence-corrected chi connectivity index (χ4v) is 3.65. The lowest BCUT2D eigenvalue weighted by Crippen LogP contribution is -2.49. The molecule has 2 saturated heterocycles. The van der Waals surface area contributed by atoms with E-state index in [9.17, 15) is 9.59 Å². The molecular formula is C20H26N2O3. The maximum atomic E-state index is 12.8. The predicted octanol–water partition coefficient (Wildman–Crippen LogP) is 2.48. The first kappa shape index (κ1) is 17.5. The molecule has 2 aliphatic rings. The number of ether oxygens (including phenoxy) is 1. The Hall–Kier alpha value is -2.30. The Kier molecular flexibility index (Phi) is 5.74. The molecule has 0 radical (unpaired) electrons. The van der Waals surface area contributed by atoms with Crippen molar-refractivity contribution in [2.45, 2.75) is 31.8 Å². The van der Waals surface area contributed by atoms with E-state index in [-0.39, 0.29) is 23.8 Å². The minimum absolute atomic E-state index is 0.0764. The monoisotopic (exact) mass is 342 g/mol. The number of hydrogen-bond acceptors (Lipinski definition) is 3. The van der Waals surface area contributed by atoms with Crippen molar-refractivity contribution in [1.29, 1.82) is 0 Å². The van der Waals surface area contributed by atoms with E-state index in [2.05, 4.69) is 6.58 Å². The van der Waals surface area contributed by atoms with Crippen LogP contribution in [0.4, 0.5) is 0 Å². The fourth-order valence-electron chi connectivity index (χ4n) is 3.65. The summed E-state index contributed by atoms with van der Waals surface area (Å²) in [4.78, 5) is 28.3. The standard InChI is InChI=1S/C20H26N2O3/c1-2-19(23)22-12-6-7-16(15-22)20(24)21-13-10-18(11-14-21)25-17-8-4-3-5-9-17/h2-5,8-9,16,18H,1,6-7,10-15H2/t16-/m1/s1. The van der Waals surface area contributed by atoms with Crippen LogP contribution in [0.1, 0.15) is 25.7 Å². The topological polar surface area (TPSA) is 49.9 Å². The van der Waals surface area contributed by atoms with Gasteiger partial charge in [-0.2, -0.15) is 0 Å². The van der Waals surface area contributed by atoms with E-state index in [0.29, 0.717) is 6.54 Å². The van der Waals surface area contributed by atoms with Crippen molar-refractivity contribution in [3.05, 3.63) is 43.0 Å². The molecule has 2 aliphatic heterocycles. The number of benzene rings is 1. The molecule has 25 heavy (non-hydrogen) atoms. The number of carbonyl (C=O) groups is 2. The fraction of sp³-hybridized carbons (Fsp3) is 0.500. The average Bonchev–Trinajstić information content (AvgIpc) is 2.68. The summed E-state index contributed by atoms with van der Waals surface area (Å²) in [6.07, 6.45) is 4.94. The molecule has 0 N–H and O–H groups in total. The van der Waals surface area contributed by atoms with Gasteiger partial charge >= 0.3 is 0 Å². The van der Waals surface area contributed by atoms with Gasteiger partial charge in [0.25, 0.3) is 0 Å². The summed E-state index contributed by atoms with van der Waals surface area (Å²) in [5.74, 6) is 0.912. The molecule has 2 heterocycles. The quantitative estimate of drug-likeness (QED) is 0.790. The number of amides is 2. The Morgan fingerprint density at radius 3 is 2.44 bits per heavy atom. The van der Waals surface area contributed by atoms with Crippen LogP contribution in [0.15, 0.2) is 43.0 Å². The molecule has 1 aromatic carbocycles. The van der Waals surface area contributed by atoms with Crippen LogP contribution in [0.5, 0.6) is 5.75 Å². The molecule has 0 saturated carbocycles. The lowest BCUT2D eigenvalue weighted by atomic mass is 9.95. The van der Waals surface area contributed by atoms with Crippen molar-refractivity contribution < 1.29 is 14.3 Å². The number of hydrogen-bond donors (Lipinski definition) is 0. The van der Waals surface area contributed by atoms with E-state index < -0.39 is 0 Å². The normalized spacial score (nSPS) is 21.7. The van der Waals surface area contributed by atoms with Crippen molar-refractivity contribution in [2.75, 3.05) is 26.2 Å². The van der Waals surface area contributed by atoms with Gasteiger partial charge in [0, 0.05) is 39.0 Å². The van der Waals surface area contributed by atoms with E-state index in [1.807, 2.05) is 35.2 Å². The third-order valence-electron chi connectivity index (χ3n) is 5.06. The maximum Gasteiger partial charge on any atom is 0.245 e. The Balaban J connectivity index is 1.49. The molecule has 5 nitrogen and oxygen atoms in total. The minimum atomic E-state index is -0.0794. The molecular weight excluding hydrogens is 316 g/mol. The van der Waals surface area contributed by atoms with Gasteiger partial charge in [0.15, 0.2) is 0 Å². The van der Waals surface area contributed by atoms with Gasteiger partial charge in [-0.3, -0.25) is 9.59 Å². The Morgan fingerprint density at radius 2 is 1.76 bits per heavy atom. The van der Waals surface area contributed by atoms with Crippen molar-refractivity contribution >= 4 is 11.8 Å². The first-order valence-electron chi connectivity index (χ1n) is 9.09. The molecule has 0 unspecified atom stereocenters. The van der Waals surface area contributed by atoms with Crippen LogP contribution < -0.4 is 4.74 Å². The lowest BCUT2D eigenvalue weighted by Gasteiger charge is -2.37. The SMILES string of the molecule is C=CC(=O)N1CCC[C@@H](C(=O)N2CCC(Oc3ccccc3)CC2)C1. The second-order valence-electron chi connectivity index (χ2n) is 6.78. The van der Waals surface area contributed by atoms with Gasteiger partial charge in [0.1, 0.15) is 11.9 Å². The largest absolute Gasteiger partial charge is 0.490 e. The highest BCUT2D eigenvalue weighted by Gasteiger charge is 2.32. The third kappa shape index (κ3) is 4.41. The summed E-state index contributed by atoms with van der Waals surface area (Å²) >= 11 is 0. The number of carbonyl (C=O) groups excluding carboxylic acids is 2. The van der Waals surface area contributed by atoms with E-state index >= 15 is 0 Å². The third-order valence-corrected chi connectivity index (χ3v) is 5.06. The van der Waals surface area contributed by atoms with Crippen LogP contribution in [-0.4, -0.2) is 53.9 Å². The molecule has 0 aliphatic carbocycles. The van der Waals surface area contributed by atoms with E-state index in [1.165, 1.54) is 6.08 Å². The van der Waals surface area contributed by atoms with Crippen LogP contribution in [0.25, 0.3) is 0 Å². The van der Waals surface area contributed by atoms with Crippen LogP contribution in [0.3, 0.4) is 0 Å². The molecule has 3 rings (SSSR count). The van der Waals surface area contributed by atoms with E-state index in [1.54, 1.807) is 4.90 Å². The van der Waals surface area contributed by atoms with Crippen LogP contribution in [-0.2, 0) is 9.59 Å². The molecule has 0 aromatic heterocycles.